The normalized spacial score (nSPS) is 11.0. The van der Waals surface area contributed by atoms with E-state index in [-0.39, 0.29) is 29.4 Å². The van der Waals surface area contributed by atoms with Crippen LogP contribution in [0.1, 0.15) is 32.8 Å². The van der Waals surface area contributed by atoms with Gasteiger partial charge >= 0.3 is 5.69 Å². The van der Waals surface area contributed by atoms with Gasteiger partial charge in [-0.25, -0.2) is 4.98 Å². The largest absolute Gasteiger partial charge is 0.364 e. The van der Waals surface area contributed by atoms with E-state index in [1.807, 2.05) is 20.8 Å². The van der Waals surface area contributed by atoms with Gasteiger partial charge < -0.3 is 10.6 Å². The number of amides is 1. The van der Waals surface area contributed by atoms with Crippen molar-refractivity contribution in [3.8, 4) is 0 Å². The van der Waals surface area contributed by atoms with Crippen LogP contribution >= 0.6 is 0 Å². The van der Waals surface area contributed by atoms with Crippen molar-refractivity contribution >= 4 is 17.4 Å². The summed E-state index contributed by atoms with van der Waals surface area (Å²) >= 11 is 0. The van der Waals surface area contributed by atoms with E-state index < -0.39 is 4.92 Å². The molecule has 20 heavy (non-hydrogen) atoms. The van der Waals surface area contributed by atoms with Crippen molar-refractivity contribution in [1.29, 1.82) is 0 Å². The maximum absolute atomic E-state index is 11.6. The van der Waals surface area contributed by atoms with Gasteiger partial charge in [-0.15, -0.1) is 0 Å². The van der Waals surface area contributed by atoms with Crippen molar-refractivity contribution in [3.63, 3.8) is 0 Å². The predicted octanol–water partition coefficient (Wildman–Crippen LogP) is 2.01. The lowest BCUT2D eigenvalue weighted by atomic mass is 10.1. The van der Waals surface area contributed by atoms with Crippen LogP contribution in [0.3, 0.4) is 0 Å². The first-order valence-electron chi connectivity index (χ1n) is 6.35. The zero-order valence-electron chi connectivity index (χ0n) is 12.2. The number of aryl methyl sites for hydroxylation is 1. The molecule has 1 amide bonds. The first kappa shape index (κ1) is 15.9. The highest BCUT2D eigenvalue weighted by molar-refractivity contribution is 5.77. The molecule has 0 fully saturated rings. The molecule has 7 nitrogen and oxygen atoms in total. The molecule has 0 spiro atoms. The minimum absolute atomic E-state index is 0.0822. The zero-order chi connectivity index (χ0) is 15.3. The third kappa shape index (κ3) is 5.21. The van der Waals surface area contributed by atoms with E-state index in [1.54, 1.807) is 13.1 Å². The minimum atomic E-state index is -0.489. The standard InChI is InChI=1S/C13H20N4O3/c1-9-7-10(17(19)20)12(15-8-9)14-6-5-11(18)16-13(2,3)4/h7-8H,5-6H2,1-4H3,(H,14,15)(H,16,18). The molecule has 0 aromatic carbocycles. The quantitative estimate of drug-likeness (QED) is 0.635. The van der Waals surface area contributed by atoms with Gasteiger partial charge in [0.1, 0.15) is 0 Å². The summed E-state index contributed by atoms with van der Waals surface area (Å²) in [6.45, 7) is 7.71. The second kappa shape index (κ2) is 6.31. The fraction of sp³-hybridized carbons (Fsp3) is 0.538. The zero-order valence-corrected chi connectivity index (χ0v) is 12.2. The molecular formula is C13H20N4O3. The lowest BCUT2D eigenvalue weighted by Crippen LogP contribution is -2.41. The molecule has 1 aromatic heterocycles. The molecule has 1 heterocycles. The van der Waals surface area contributed by atoms with E-state index in [0.29, 0.717) is 12.1 Å². The van der Waals surface area contributed by atoms with E-state index >= 15 is 0 Å². The molecule has 1 aromatic rings. The Balaban J connectivity index is 2.58. The second-order valence-electron chi connectivity index (χ2n) is 5.61. The minimum Gasteiger partial charge on any atom is -0.364 e. The topological polar surface area (TPSA) is 97.2 Å². The first-order valence-corrected chi connectivity index (χ1v) is 6.35. The summed E-state index contributed by atoms with van der Waals surface area (Å²) in [5.74, 6) is 0.0731. The van der Waals surface area contributed by atoms with Crippen molar-refractivity contribution in [2.45, 2.75) is 39.7 Å². The summed E-state index contributed by atoms with van der Waals surface area (Å²) < 4.78 is 0. The van der Waals surface area contributed by atoms with Crippen LogP contribution < -0.4 is 10.6 Å². The summed E-state index contributed by atoms with van der Waals surface area (Å²) in [5, 5.41) is 16.5. The average molecular weight is 280 g/mol. The third-order valence-electron chi connectivity index (χ3n) is 2.36. The Morgan fingerprint density at radius 2 is 2.10 bits per heavy atom. The van der Waals surface area contributed by atoms with Gasteiger partial charge in [0, 0.05) is 30.8 Å². The first-order chi connectivity index (χ1) is 9.19. The lowest BCUT2D eigenvalue weighted by Gasteiger charge is -2.20. The lowest BCUT2D eigenvalue weighted by molar-refractivity contribution is -0.384. The van der Waals surface area contributed by atoms with Gasteiger partial charge in [-0.3, -0.25) is 14.9 Å². The number of nitrogens with one attached hydrogen (secondary N) is 2. The predicted molar refractivity (Wildman–Crippen MR) is 76.6 cm³/mol. The van der Waals surface area contributed by atoms with E-state index in [2.05, 4.69) is 15.6 Å². The molecule has 0 saturated carbocycles. The van der Waals surface area contributed by atoms with Gasteiger partial charge in [0.15, 0.2) is 0 Å². The van der Waals surface area contributed by atoms with E-state index in [0.717, 1.165) is 0 Å². The van der Waals surface area contributed by atoms with E-state index in [1.165, 1.54) is 6.07 Å². The molecule has 0 saturated heterocycles. The molecule has 0 atom stereocenters. The van der Waals surface area contributed by atoms with Crippen molar-refractivity contribution < 1.29 is 9.72 Å². The van der Waals surface area contributed by atoms with Gasteiger partial charge in [0.05, 0.1) is 4.92 Å². The van der Waals surface area contributed by atoms with Gasteiger partial charge in [0.2, 0.25) is 11.7 Å². The molecule has 7 heteroatoms. The smallest absolute Gasteiger partial charge is 0.311 e. The van der Waals surface area contributed by atoms with Crippen LogP contribution in [0, 0.1) is 17.0 Å². The number of nitrogens with zero attached hydrogens (tertiary/aromatic N) is 2. The van der Waals surface area contributed by atoms with Crippen LogP contribution in [0.5, 0.6) is 0 Å². The average Bonchev–Trinajstić information content (AvgIpc) is 2.28. The van der Waals surface area contributed by atoms with Crippen LogP contribution in [0.25, 0.3) is 0 Å². The SMILES string of the molecule is Cc1cnc(NCCC(=O)NC(C)(C)C)c([N+](=O)[O-])c1. The summed E-state index contributed by atoms with van der Waals surface area (Å²) in [5.41, 5.74) is 0.347. The molecule has 2 N–H and O–H groups in total. The number of anilines is 1. The van der Waals surface area contributed by atoms with Gasteiger partial charge in [-0.05, 0) is 33.3 Å². The Morgan fingerprint density at radius 3 is 2.65 bits per heavy atom. The van der Waals surface area contributed by atoms with E-state index in [4.69, 9.17) is 0 Å². The molecular weight excluding hydrogens is 260 g/mol. The number of nitro groups is 1. The number of carbonyl (C=O) groups excluding carboxylic acids is 1. The molecule has 110 valence electrons. The van der Waals surface area contributed by atoms with Crippen LogP contribution in [-0.4, -0.2) is 27.9 Å². The molecule has 1 rings (SSSR count). The van der Waals surface area contributed by atoms with Crippen LogP contribution in [0.2, 0.25) is 0 Å². The highest BCUT2D eigenvalue weighted by atomic mass is 16.6. The maximum Gasteiger partial charge on any atom is 0.311 e. The monoisotopic (exact) mass is 280 g/mol. The summed E-state index contributed by atoms with van der Waals surface area (Å²) in [4.78, 5) is 26.0. The Labute approximate surface area is 117 Å². The van der Waals surface area contributed by atoms with Gasteiger partial charge in [-0.2, -0.15) is 0 Å². The number of aromatic nitrogens is 1. The number of rotatable bonds is 5. The molecule has 0 aliphatic carbocycles. The fourth-order valence-electron chi connectivity index (χ4n) is 1.60. The van der Waals surface area contributed by atoms with Crippen molar-refractivity contribution in [3.05, 3.63) is 27.9 Å². The van der Waals surface area contributed by atoms with Crippen molar-refractivity contribution in [2.24, 2.45) is 0 Å². The fourth-order valence-corrected chi connectivity index (χ4v) is 1.60. The molecule has 0 bridgehead atoms. The molecule has 0 unspecified atom stereocenters. The molecule has 0 aliphatic heterocycles. The molecule has 0 radical (unpaired) electrons. The van der Waals surface area contributed by atoms with Crippen LogP contribution in [-0.2, 0) is 4.79 Å². The van der Waals surface area contributed by atoms with Gasteiger partial charge in [-0.1, -0.05) is 0 Å². The number of hydrogen-bond donors (Lipinski definition) is 2. The van der Waals surface area contributed by atoms with Crippen molar-refractivity contribution in [2.75, 3.05) is 11.9 Å². The molecule has 0 aliphatic rings. The third-order valence-corrected chi connectivity index (χ3v) is 2.36. The van der Waals surface area contributed by atoms with E-state index in [9.17, 15) is 14.9 Å². The van der Waals surface area contributed by atoms with Crippen LogP contribution in [0.4, 0.5) is 11.5 Å². The van der Waals surface area contributed by atoms with Crippen molar-refractivity contribution in [1.82, 2.24) is 10.3 Å². The summed E-state index contributed by atoms with van der Waals surface area (Å²) in [6.07, 6.45) is 1.77. The number of carbonyl (C=O) groups is 1. The summed E-state index contributed by atoms with van der Waals surface area (Å²) in [7, 11) is 0. The maximum atomic E-state index is 11.6. The number of pyridine rings is 1. The Bertz CT molecular complexity index is 509. The van der Waals surface area contributed by atoms with Gasteiger partial charge in [0.25, 0.3) is 0 Å². The Kier molecular flexibility index (Phi) is 5.01. The van der Waals surface area contributed by atoms with Crippen LogP contribution in [0.15, 0.2) is 12.3 Å². The Morgan fingerprint density at radius 1 is 1.45 bits per heavy atom. The number of hydrogen-bond acceptors (Lipinski definition) is 5. The second-order valence-corrected chi connectivity index (χ2v) is 5.61. The summed E-state index contributed by atoms with van der Waals surface area (Å²) in [6, 6.07) is 1.45. The Hall–Kier alpha value is -2.18. The highest BCUT2D eigenvalue weighted by Crippen LogP contribution is 2.22. The highest BCUT2D eigenvalue weighted by Gasteiger charge is 2.16.